The van der Waals surface area contributed by atoms with Crippen LogP contribution in [0.15, 0.2) is 6.07 Å². The monoisotopic (exact) mass is 283 g/mol. The molecule has 1 aromatic heterocycles. The number of carbonyl (C=O) groups is 2. The third-order valence-electron chi connectivity index (χ3n) is 2.93. The molecule has 0 aromatic carbocycles. The van der Waals surface area contributed by atoms with Gasteiger partial charge in [0, 0.05) is 6.61 Å². The Balaban J connectivity index is 2.03. The zero-order chi connectivity index (χ0) is 13.8. The number of rotatable bonds is 4. The first-order valence-corrected chi connectivity index (χ1v) is 7.09. The average Bonchev–Trinajstić information content (AvgIpc) is 2.99. The lowest BCUT2D eigenvalue weighted by Crippen LogP contribution is -2.22. The van der Waals surface area contributed by atoms with Crippen LogP contribution in [-0.2, 0) is 14.3 Å². The Bertz CT molecular complexity index is 477. The smallest absolute Gasteiger partial charge is 0.348 e. The lowest BCUT2D eigenvalue weighted by molar-refractivity contribution is -0.119. The van der Waals surface area contributed by atoms with Gasteiger partial charge in [0.25, 0.3) is 0 Å². The number of anilines is 1. The van der Waals surface area contributed by atoms with Crippen molar-refractivity contribution in [3.8, 4) is 0 Å². The molecular formula is C13H17NO4S. The van der Waals surface area contributed by atoms with Crippen LogP contribution in [0.1, 0.15) is 28.6 Å². The van der Waals surface area contributed by atoms with E-state index in [0.29, 0.717) is 29.7 Å². The van der Waals surface area contributed by atoms with Crippen LogP contribution < -0.4 is 5.32 Å². The van der Waals surface area contributed by atoms with Crippen LogP contribution in [0.4, 0.5) is 5.00 Å². The summed E-state index contributed by atoms with van der Waals surface area (Å²) in [6, 6.07) is 1.80. The molecule has 1 N–H and O–H groups in total. The van der Waals surface area contributed by atoms with Gasteiger partial charge in [0.2, 0.25) is 5.91 Å². The van der Waals surface area contributed by atoms with Gasteiger partial charge >= 0.3 is 5.97 Å². The molecule has 5 nitrogen and oxygen atoms in total. The third kappa shape index (κ3) is 3.33. The molecule has 0 saturated carbocycles. The Kier molecular flexibility index (Phi) is 4.55. The van der Waals surface area contributed by atoms with Crippen molar-refractivity contribution >= 4 is 28.2 Å². The summed E-state index contributed by atoms with van der Waals surface area (Å²) in [6.45, 7) is 5.05. The van der Waals surface area contributed by atoms with Gasteiger partial charge < -0.3 is 14.8 Å². The molecule has 2 rings (SSSR count). The van der Waals surface area contributed by atoms with Crippen molar-refractivity contribution in [1.82, 2.24) is 0 Å². The first-order chi connectivity index (χ1) is 9.11. The number of esters is 1. The second-order valence-electron chi connectivity index (χ2n) is 4.39. The van der Waals surface area contributed by atoms with Crippen LogP contribution in [-0.4, -0.2) is 31.7 Å². The summed E-state index contributed by atoms with van der Waals surface area (Å²) in [7, 11) is 0. The number of ether oxygens (including phenoxy) is 2. The maximum absolute atomic E-state index is 11.9. The predicted molar refractivity (Wildman–Crippen MR) is 72.6 cm³/mol. The van der Waals surface area contributed by atoms with Gasteiger partial charge in [0.15, 0.2) is 0 Å². The molecule has 2 heterocycles. The first kappa shape index (κ1) is 14.0. The molecule has 1 fully saturated rings. The van der Waals surface area contributed by atoms with E-state index < -0.39 is 0 Å². The summed E-state index contributed by atoms with van der Waals surface area (Å²) in [5.41, 5.74) is 0.821. The molecule has 1 aliphatic rings. The number of amides is 1. The lowest BCUT2D eigenvalue weighted by atomic mass is 10.1. The zero-order valence-corrected chi connectivity index (χ0v) is 11.8. The summed E-state index contributed by atoms with van der Waals surface area (Å²) < 4.78 is 10.1. The fraction of sp³-hybridized carbons (Fsp3) is 0.538. The van der Waals surface area contributed by atoms with Crippen molar-refractivity contribution in [2.24, 2.45) is 5.92 Å². The summed E-state index contributed by atoms with van der Waals surface area (Å²) >= 11 is 1.25. The molecule has 1 unspecified atom stereocenters. The van der Waals surface area contributed by atoms with E-state index >= 15 is 0 Å². The Morgan fingerprint density at radius 3 is 3.00 bits per heavy atom. The molecule has 0 spiro atoms. The number of hydrogen-bond acceptors (Lipinski definition) is 5. The summed E-state index contributed by atoms with van der Waals surface area (Å²) in [5.74, 6) is -0.475. The van der Waals surface area contributed by atoms with Gasteiger partial charge in [-0.15, -0.1) is 11.3 Å². The third-order valence-corrected chi connectivity index (χ3v) is 4.06. The van der Waals surface area contributed by atoms with Gasteiger partial charge in [-0.3, -0.25) is 4.79 Å². The second kappa shape index (κ2) is 6.16. The van der Waals surface area contributed by atoms with Gasteiger partial charge in [0.1, 0.15) is 4.88 Å². The molecule has 1 atom stereocenters. The van der Waals surface area contributed by atoms with E-state index in [4.69, 9.17) is 9.47 Å². The van der Waals surface area contributed by atoms with E-state index in [0.717, 1.165) is 12.0 Å². The molecule has 0 radical (unpaired) electrons. The van der Waals surface area contributed by atoms with E-state index in [9.17, 15) is 9.59 Å². The quantitative estimate of drug-likeness (QED) is 0.860. The summed E-state index contributed by atoms with van der Waals surface area (Å²) in [5, 5.41) is 3.51. The van der Waals surface area contributed by atoms with E-state index in [1.165, 1.54) is 11.3 Å². The van der Waals surface area contributed by atoms with Crippen molar-refractivity contribution in [1.29, 1.82) is 0 Å². The zero-order valence-electron chi connectivity index (χ0n) is 11.0. The maximum Gasteiger partial charge on any atom is 0.348 e. The second-order valence-corrected chi connectivity index (χ2v) is 5.45. The van der Waals surface area contributed by atoms with Crippen LogP contribution in [0.25, 0.3) is 0 Å². The van der Waals surface area contributed by atoms with Crippen LogP contribution in [0, 0.1) is 12.8 Å². The fourth-order valence-electron chi connectivity index (χ4n) is 1.91. The van der Waals surface area contributed by atoms with E-state index in [-0.39, 0.29) is 17.8 Å². The normalized spacial score (nSPS) is 18.3. The first-order valence-electron chi connectivity index (χ1n) is 6.28. The average molecular weight is 283 g/mol. The van der Waals surface area contributed by atoms with Gasteiger partial charge in [-0.1, -0.05) is 0 Å². The minimum atomic E-state index is -0.338. The van der Waals surface area contributed by atoms with Crippen molar-refractivity contribution in [2.45, 2.75) is 20.3 Å². The van der Waals surface area contributed by atoms with Crippen molar-refractivity contribution < 1.29 is 19.1 Å². The Hall–Kier alpha value is -1.40. The highest BCUT2D eigenvalue weighted by molar-refractivity contribution is 7.18. The minimum Gasteiger partial charge on any atom is -0.462 e. The van der Waals surface area contributed by atoms with Crippen molar-refractivity contribution in [3.63, 3.8) is 0 Å². The number of hydrogen-bond donors (Lipinski definition) is 1. The van der Waals surface area contributed by atoms with Gasteiger partial charge in [-0.05, 0) is 31.9 Å². The standard InChI is InChI=1S/C13H17NO4S/c1-3-18-13(16)11-8(2)6-10(19-11)14-12(15)9-4-5-17-7-9/h6,9H,3-5,7H2,1-2H3,(H,14,15). The number of aryl methyl sites for hydroxylation is 1. The topological polar surface area (TPSA) is 64.6 Å². The highest BCUT2D eigenvalue weighted by atomic mass is 32.1. The Labute approximate surface area is 115 Å². The summed E-state index contributed by atoms with van der Waals surface area (Å²) in [4.78, 5) is 24.1. The molecule has 6 heteroatoms. The molecular weight excluding hydrogens is 266 g/mol. The van der Waals surface area contributed by atoms with Gasteiger partial charge in [-0.2, -0.15) is 0 Å². The van der Waals surface area contributed by atoms with E-state index in [1.54, 1.807) is 13.0 Å². The maximum atomic E-state index is 11.9. The summed E-state index contributed by atoms with van der Waals surface area (Å²) in [6.07, 6.45) is 0.751. The highest BCUT2D eigenvalue weighted by Crippen LogP contribution is 2.28. The minimum absolute atomic E-state index is 0.0471. The lowest BCUT2D eigenvalue weighted by Gasteiger charge is -2.06. The molecule has 1 amide bonds. The Morgan fingerprint density at radius 1 is 1.58 bits per heavy atom. The molecule has 1 saturated heterocycles. The highest BCUT2D eigenvalue weighted by Gasteiger charge is 2.24. The molecule has 0 bridgehead atoms. The fourth-order valence-corrected chi connectivity index (χ4v) is 2.88. The molecule has 1 aromatic rings. The molecule has 1 aliphatic heterocycles. The van der Waals surface area contributed by atoms with Crippen molar-refractivity contribution in [2.75, 3.05) is 25.1 Å². The molecule has 19 heavy (non-hydrogen) atoms. The SMILES string of the molecule is CCOC(=O)c1sc(NC(=O)C2CCOC2)cc1C. The molecule has 0 aliphatic carbocycles. The van der Waals surface area contributed by atoms with Crippen molar-refractivity contribution in [3.05, 3.63) is 16.5 Å². The number of nitrogens with one attached hydrogen (secondary N) is 1. The molecule has 104 valence electrons. The van der Waals surface area contributed by atoms with Gasteiger partial charge in [-0.25, -0.2) is 4.79 Å². The van der Waals surface area contributed by atoms with Crippen LogP contribution in [0.3, 0.4) is 0 Å². The van der Waals surface area contributed by atoms with E-state index in [1.807, 2.05) is 6.92 Å². The van der Waals surface area contributed by atoms with Crippen LogP contribution in [0.5, 0.6) is 0 Å². The predicted octanol–water partition coefficient (Wildman–Crippen LogP) is 2.21. The van der Waals surface area contributed by atoms with Crippen LogP contribution >= 0.6 is 11.3 Å². The van der Waals surface area contributed by atoms with Crippen LogP contribution in [0.2, 0.25) is 0 Å². The largest absolute Gasteiger partial charge is 0.462 e. The van der Waals surface area contributed by atoms with E-state index in [2.05, 4.69) is 5.32 Å². The number of carbonyl (C=O) groups excluding carboxylic acids is 2. The Morgan fingerprint density at radius 2 is 2.37 bits per heavy atom. The van der Waals surface area contributed by atoms with Gasteiger partial charge in [0.05, 0.1) is 24.1 Å². The number of thiophene rings is 1.